The van der Waals surface area contributed by atoms with Gasteiger partial charge in [0.05, 0.1) is 0 Å². The van der Waals surface area contributed by atoms with Gasteiger partial charge in [0.25, 0.3) is 0 Å². The molecule has 0 saturated carbocycles. The zero-order valence-electron chi connectivity index (χ0n) is 11.7. The topological polar surface area (TPSA) is 82.1 Å². The Kier molecular flexibility index (Phi) is 5.66. The van der Waals surface area contributed by atoms with Crippen molar-refractivity contribution in [3.8, 4) is 0 Å². The second kappa shape index (κ2) is 7.02. The third-order valence-electron chi connectivity index (χ3n) is 2.75. The first-order chi connectivity index (χ1) is 9.38. The minimum absolute atomic E-state index is 0.461. The summed E-state index contributed by atoms with van der Waals surface area (Å²) in [5, 5.41) is 9.11. The lowest BCUT2D eigenvalue weighted by Gasteiger charge is -2.21. The van der Waals surface area contributed by atoms with Gasteiger partial charge in [-0.25, -0.2) is 9.59 Å². The van der Waals surface area contributed by atoms with Crippen LogP contribution in [-0.4, -0.2) is 36.5 Å². The van der Waals surface area contributed by atoms with Crippen LogP contribution in [0.15, 0.2) is 30.3 Å². The third-order valence-corrected chi connectivity index (χ3v) is 2.75. The first-order valence-electron chi connectivity index (χ1n) is 6.00. The van der Waals surface area contributed by atoms with Gasteiger partial charge in [0, 0.05) is 7.11 Å². The fraction of sp³-hybridized carbons (Fsp3) is 0.429. The Morgan fingerprint density at radius 1 is 1.25 bits per heavy atom. The zero-order valence-corrected chi connectivity index (χ0v) is 11.7. The molecule has 0 aromatic heterocycles. The molecular formula is C14H18O6. The van der Waals surface area contributed by atoms with Crippen molar-refractivity contribution in [3.05, 3.63) is 35.9 Å². The Morgan fingerprint density at radius 2 is 1.85 bits per heavy atom. The number of ether oxygens (including phenoxy) is 3. The lowest BCUT2D eigenvalue weighted by Crippen LogP contribution is -2.36. The minimum Gasteiger partial charge on any atom is -0.479 e. The third kappa shape index (κ3) is 4.32. The molecule has 110 valence electrons. The fourth-order valence-corrected chi connectivity index (χ4v) is 1.35. The predicted molar refractivity (Wildman–Crippen MR) is 70.0 cm³/mol. The maximum atomic E-state index is 11.6. The van der Waals surface area contributed by atoms with Crippen molar-refractivity contribution in [1.82, 2.24) is 0 Å². The van der Waals surface area contributed by atoms with E-state index in [9.17, 15) is 9.59 Å². The molecule has 0 saturated heterocycles. The molecule has 0 aliphatic carbocycles. The largest absolute Gasteiger partial charge is 0.479 e. The molecule has 0 bridgehead atoms. The normalized spacial score (nSPS) is 12.8. The predicted octanol–water partition coefficient (Wildman–Crippen LogP) is 1.75. The zero-order chi connectivity index (χ0) is 15.2. The first-order valence-corrected chi connectivity index (χ1v) is 6.00. The van der Waals surface area contributed by atoms with Crippen LogP contribution >= 0.6 is 0 Å². The number of hydrogen-bond acceptors (Lipinski definition) is 5. The van der Waals surface area contributed by atoms with Gasteiger partial charge in [-0.15, -0.1) is 0 Å². The highest BCUT2D eigenvalue weighted by Crippen LogP contribution is 2.18. The Labute approximate surface area is 117 Å². The van der Waals surface area contributed by atoms with Crippen molar-refractivity contribution < 1.29 is 28.9 Å². The summed E-state index contributed by atoms with van der Waals surface area (Å²) in [5.41, 5.74) is -0.628. The van der Waals surface area contributed by atoms with Gasteiger partial charge < -0.3 is 19.3 Å². The van der Waals surface area contributed by atoms with E-state index >= 15 is 0 Å². The van der Waals surface area contributed by atoms with Crippen molar-refractivity contribution >= 4 is 11.9 Å². The molecule has 20 heavy (non-hydrogen) atoms. The van der Waals surface area contributed by atoms with Gasteiger partial charge in [-0.1, -0.05) is 30.3 Å². The Bertz CT molecular complexity index is 454. The summed E-state index contributed by atoms with van der Waals surface area (Å²) in [7, 11) is 1.38. The van der Waals surface area contributed by atoms with E-state index in [1.165, 1.54) is 7.11 Å². The van der Waals surface area contributed by atoms with E-state index < -0.39 is 30.4 Å². The maximum Gasteiger partial charge on any atom is 0.339 e. The lowest BCUT2D eigenvalue weighted by atomic mass is 10.1. The number of benzene rings is 1. The summed E-state index contributed by atoms with van der Waals surface area (Å²) in [6, 6.07) is 8.42. The molecule has 1 N–H and O–H groups in total. The molecule has 6 heteroatoms. The van der Waals surface area contributed by atoms with Gasteiger partial charge in [0.1, 0.15) is 0 Å². The number of aliphatic carboxylic acids is 1. The molecule has 0 amide bonds. The molecule has 0 aliphatic rings. The number of methoxy groups -OCH3 is 1. The van der Waals surface area contributed by atoms with Crippen LogP contribution in [0.4, 0.5) is 0 Å². The van der Waals surface area contributed by atoms with Crippen LogP contribution in [0.5, 0.6) is 0 Å². The summed E-state index contributed by atoms with van der Waals surface area (Å²) in [4.78, 5) is 22.7. The summed E-state index contributed by atoms with van der Waals surface area (Å²) < 4.78 is 14.9. The van der Waals surface area contributed by atoms with E-state index in [4.69, 9.17) is 19.3 Å². The van der Waals surface area contributed by atoms with Crippen LogP contribution in [0.3, 0.4) is 0 Å². The number of esters is 1. The average Bonchev–Trinajstić information content (AvgIpc) is 2.43. The van der Waals surface area contributed by atoms with E-state index in [1.807, 2.05) is 0 Å². The molecular weight excluding hydrogens is 264 g/mol. The Hall–Kier alpha value is -1.92. The molecule has 0 spiro atoms. The number of carboxylic acids is 1. The standard InChI is InChI=1S/C14H18O6/c1-14(2,18-3)13(17)20-9-19-11(12(15)16)10-7-5-4-6-8-10/h4-8,11H,9H2,1-3H3,(H,15,16). The van der Waals surface area contributed by atoms with E-state index in [2.05, 4.69) is 0 Å². The van der Waals surface area contributed by atoms with Gasteiger partial charge in [0.2, 0.25) is 0 Å². The second-order valence-electron chi connectivity index (χ2n) is 4.56. The van der Waals surface area contributed by atoms with E-state index in [1.54, 1.807) is 44.2 Å². The van der Waals surface area contributed by atoms with Crippen LogP contribution in [0, 0.1) is 0 Å². The van der Waals surface area contributed by atoms with E-state index in [-0.39, 0.29) is 0 Å². The monoisotopic (exact) mass is 282 g/mol. The molecule has 6 nitrogen and oxygen atoms in total. The summed E-state index contributed by atoms with van der Waals surface area (Å²) in [5.74, 6) is -1.78. The van der Waals surface area contributed by atoms with Crippen molar-refractivity contribution in [1.29, 1.82) is 0 Å². The molecule has 1 unspecified atom stereocenters. The molecule has 0 radical (unpaired) electrons. The van der Waals surface area contributed by atoms with E-state index in [0.717, 1.165) is 0 Å². The highest BCUT2D eigenvalue weighted by atomic mass is 16.7. The quantitative estimate of drug-likeness (QED) is 0.606. The van der Waals surface area contributed by atoms with Crippen molar-refractivity contribution in [3.63, 3.8) is 0 Å². The maximum absolute atomic E-state index is 11.6. The van der Waals surface area contributed by atoms with Gasteiger partial charge in [-0.3, -0.25) is 0 Å². The number of carboxylic acid groups (broad SMARTS) is 1. The summed E-state index contributed by atoms with van der Waals surface area (Å²) in [6.45, 7) is 2.62. The fourth-order valence-electron chi connectivity index (χ4n) is 1.35. The van der Waals surface area contributed by atoms with Gasteiger partial charge in [-0.05, 0) is 19.4 Å². The molecule has 1 rings (SSSR count). The highest BCUT2D eigenvalue weighted by molar-refractivity contribution is 5.78. The molecule has 0 heterocycles. The number of rotatable bonds is 7. The number of hydrogen-bond donors (Lipinski definition) is 1. The lowest BCUT2D eigenvalue weighted by molar-refractivity contribution is -0.186. The van der Waals surface area contributed by atoms with Crippen LogP contribution in [0.1, 0.15) is 25.5 Å². The highest BCUT2D eigenvalue weighted by Gasteiger charge is 2.29. The van der Waals surface area contributed by atoms with Crippen LogP contribution in [0.25, 0.3) is 0 Å². The van der Waals surface area contributed by atoms with Gasteiger partial charge in [-0.2, -0.15) is 0 Å². The smallest absolute Gasteiger partial charge is 0.339 e. The average molecular weight is 282 g/mol. The van der Waals surface area contributed by atoms with Crippen LogP contribution in [0.2, 0.25) is 0 Å². The molecule has 0 fully saturated rings. The van der Waals surface area contributed by atoms with E-state index in [0.29, 0.717) is 5.56 Å². The van der Waals surface area contributed by atoms with Gasteiger partial charge in [0.15, 0.2) is 18.5 Å². The minimum atomic E-state index is -1.19. The SMILES string of the molecule is COC(C)(C)C(=O)OCOC(C(=O)O)c1ccccc1. The number of carbonyl (C=O) groups is 2. The van der Waals surface area contributed by atoms with Crippen molar-refractivity contribution in [2.45, 2.75) is 25.6 Å². The molecule has 0 aliphatic heterocycles. The van der Waals surface area contributed by atoms with Crippen molar-refractivity contribution in [2.75, 3.05) is 13.9 Å². The van der Waals surface area contributed by atoms with Crippen LogP contribution in [-0.2, 0) is 23.8 Å². The first kappa shape index (κ1) is 16.1. The summed E-state index contributed by atoms with van der Waals surface area (Å²) >= 11 is 0. The molecule has 1 aromatic carbocycles. The van der Waals surface area contributed by atoms with Crippen molar-refractivity contribution in [2.24, 2.45) is 0 Å². The molecule has 1 aromatic rings. The number of carbonyl (C=O) groups excluding carboxylic acids is 1. The Balaban J connectivity index is 2.58. The summed E-state index contributed by atoms with van der Waals surface area (Å²) in [6.07, 6.45) is -1.19. The molecule has 1 atom stereocenters. The van der Waals surface area contributed by atoms with Gasteiger partial charge >= 0.3 is 11.9 Å². The van der Waals surface area contributed by atoms with Crippen LogP contribution < -0.4 is 0 Å². The Morgan fingerprint density at radius 3 is 2.35 bits per heavy atom. The second-order valence-corrected chi connectivity index (χ2v) is 4.56.